The number of ether oxygens (including phenoxy) is 1. The van der Waals surface area contributed by atoms with Crippen LogP contribution in [0.3, 0.4) is 0 Å². The van der Waals surface area contributed by atoms with Gasteiger partial charge in [0.05, 0.1) is 5.60 Å². The summed E-state index contributed by atoms with van der Waals surface area (Å²) >= 11 is 0. The maximum absolute atomic E-state index is 6.09. The van der Waals surface area contributed by atoms with Crippen LogP contribution in [-0.4, -0.2) is 25.3 Å². The summed E-state index contributed by atoms with van der Waals surface area (Å²) in [7, 11) is 2.18. The zero-order chi connectivity index (χ0) is 12.6. The largest absolute Gasteiger partial charge is 0.375 e. The number of hydrogen-bond acceptors (Lipinski definition) is 2. The fraction of sp³-hybridized carbons (Fsp3) is 1.00. The Balaban J connectivity index is 1.67. The summed E-state index contributed by atoms with van der Waals surface area (Å²) in [6.07, 6.45) is 10.9. The van der Waals surface area contributed by atoms with Crippen molar-refractivity contribution in [1.29, 1.82) is 0 Å². The van der Waals surface area contributed by atoms with Crippen LogP contribution in [0.4, 0.5) is 0 Å². The molecule has 0 aromatic carbocycles. The summed E-state index contributed by atoms with van der Waals surface area (Å²) < 4.78 is 6.09. The molecule has 104 valence electrons. The molecule has 0 bridgehead atoms. The lowest BCUT2D eigenvalue weighted by Gasteiger charge is -2.49. The highest BCUT2D eigenvalue weighted by Crippen LogP contribution is 2.47. The van der Waals surface area contributed by atoms with Crippen molar-refractivity contribution in [1.82, 2.24) is 5.32 Å². The quantitative estimate of drug-likeness (QED) is 0.830. The minimum atomic E-state index is 0.305. The fourth-order valence-electron chi connectivity index (χ4n) is 4.80. The summed E-state index contributed by atoms with van der Waals surface area (Å²) in [6.45, 7) is 3.46. The molecule has 4 unspecified atom stereocenters. The summed E-state index contributed by atoms with van der Waals surface area (Å²) in [6, 6.07) is 0.740. The highest BCUT2D eigenvalue weighted by Gasteiger charge is 2.46. The van der Waals surface area contributed by atoms with Gasteiger partial charge in [-0.15, -0.1) is 0 Å². The van der Waals surface area contributed by atoms with Gasteiger partial charge in [0.25, 0.3) is 0 Å². The Morgan fingerprint density at radius 3 is 2.56 bits per heavy atom. The smallest absolute Gasteiger partial charge is 0.0685 e. The Morgan fingerprint density at radius 1 is 1.17 bits per heavy atom. The van der Waals surface area contributed by atoms with E-state index in [1.165, 1.54) is 51.4 Å². The molecule has 4 atom stereocenters. The van der Waals surface area contributed by atoms with Gasteiger partial charge in [0.15, 0.2) is 0 Å². The van der Waals surface area contributed by atoms with Crippen LogP contribution in [0, 0.1) is 17.8 Å². The molecule has 2 saturated carbocycles. The Labute approximate surface area is 112 Å². The van der Waals surface area contributed by atoms with Crippen LogP contribution in [0.2, 0.25) is 0 Å². The van der Waals surface area contributed by atoms with E-state index in [4.69, 9.17) is 4.74 Å². The lowest BCUT2D eigenvalue weighted by molar-refractivity contribution is -0.149. The van der Waals surface area contributed by atoms with Crippen molar-refractivity contribution in [3.8, 4) is 0 Å². The van der Waals surface area contributed by atoms with Crippen LogP contribution in [0.15, 0.2) is 0 Å². The first-order valence-electron chi connectivity index (χ1n) is 8.05. The van der Waals surface area contributed by atoms with E-state index in [2.05, 4.69) is 19.3 Å². The van der Waals surface area contributed by atoms with Crippen molar-refractivity contribution in [2.45, 2.75) is 69.9 Å². The average Bonchev–Trinajstić information content (AvgIpc) is 2.75. The van der Waals surface area contributed by atoms with Crippen molar-refractivity contribution in [3.05, 3.63) is 0 Å². The molecule has 2 heteroatoms. The first-order chi connectivity index (χ1) is 8.74. The first-order valence-corrected chi connectivity index (χ1v) is 8.05. The molecule has 1 spiro atoms. The molecule has 1 saturated heterocycles. The van der Waals surface area contributed by atoms with Crippen LogP contribution in [0.1, 0.15) is 58.3 Å². The van der Waals surface area contributed by atoms with Gasteiger partial charge in [0.1, 0.15) is 0 Å². The first kappa shape index (κ1) is 12.9. The second kappa shape index (κ2) is 5.13. The number of hydrogen-bond donors (Lipinski definition) is 1. The predicted molar refractivity (Wildman–Crippen MR) is 74.6 cm³/mol. The molecule has 0 amide bonds. The lowest BCUT2D eigenvalue weighted by atomic mass is 9.68. The Bertz CT molecular complexity index is 287. The van der Waals surface area contributed by atoms with Crippen molar-refractivity contribution in [2.75, 3.05) is 13.7 Å². The molecule has 1 aliphatic heterocycles. The summed E-state index contributed by atoms with van der Waals surface area (Å²) in [5.74, 6) is 2.69. The molecule has 2 nitrogen and oxygen atoms in total. The third kappa shape index (κ3) is 2.22. The molecule has 3 fully saturated rings. The topological polar surface area (TPSA) is 21.3 Å². The molecule has 0 aromatic heterocycles. The van der Waals surface area contributed by atoms with Crippen molar-refractivity contribution in [3.63, 3.8) is 0 Å². The van der Waals surface area contributed by atoms with Crippen LogP contribution < -0.4 is 5.32 Å². The van der Waals surface area contributed by atoms with Gasteiger partial charge in [-0.05, 0) is 63.3 Å². The van der Waals surface area contributed by atoms with Gasteiger partial charge >= 0.3 is 0 Å². The molecular formula is C16H29NO. The van der Waals surface area contributed by atoms with E-state index in [1.807, 2.05) is 0 Å². The molecule has 1 N–H and O–H groups in total. The van der Waals surface area contributed by atoms with Gasteiger partial charge in [-0.1, -0.05) is 19.8 Å². The van der Waals surface area contributed by atoms with Crippen LogP contribution in [0.25, 0.3) is 0 Å². The van der Waals surface area contributed by atoms with Gasteiger partial charge in [-0.3, -0.25) is 0 Å². The van der Waals surface area contributed by atoms with E-state index in [0.717, 1.165) is 30.4 Å². The van der Waals surface area contributed by atoms with Crippen LogP contribution >= 0.6 is 0 Å². The molecule has 3 aliphatic rings. The summed E-state index contributed by atoms with van der Waals surface area (Å²) in [5, 5.41) is 3.67. The second-order valence-corrected chi connectivity index (χ2v) is 7.02. The lowest BCUT2D eigenvalue weighted by Crippen LogP contribution is -2.52. The van der Waals surface area contributed by atoms with E-state index >= 15 is 0 Å². The van der Waals surface area contributed by atoms with Gasteiger partial charge in [0, 0.05) is 12.6 Å². The molecular weight excluding hydrogens is 222 g/mol. The van der Waals surface area contributed by atoms with E-state index in [-0.39, 0.29) is 0 Å². The number of nitrogens with one attached hydrogen (secondary N) is 1. The van der Waals surface area contributed by atoms with Crippen molar-refractivity contribution < 1.29 is 4.74 Å². The van der Waals surface area contributed by atoms with E-state index < -0.39 is 0 Å². The van der Waals surface area contributed by atoms with Gasteiger partial charge in [-0.2, -0.15) is 0 Å². The average molecular weight is 251 g/mol. The zero-order valence-electron chi connectivity index (χ0n) is 12.1. The van der Waals surface area contributed by atoms with Crippen LogP contribution in [-0.2, 0) is 4.74 Å². The third-order valence-corrected chi connectivity index (χ3v) is 6.03. The van der Waals surface area contributed by atoms with Crippen molar-refractivity contribution >= 4 is 0 Å². The molecule has 2 aliphatic carbocycles. The van der Waals surface area contributed by atoms with E-state index in [1.54, 1.807) is 0 Å². The number of rotatable bonds is 3. The Hall–Kier alpha value is -0.0800. The zero-order valence-corrected chi connectivity index (χ0v) is 12.1. The van der Waals surface area contributed by atoms with Gasteiger partial charge in [-0.25, -0.2) is 0 Å². The Kier molecular flexibility index (Phi) is 3.68. The second-order valence-electron chi connectivity index (χ2n) is 7.02. The highest BCUT2D eigenvalue weighted by atomic mass is 16.5. The van der Waals surface area contributed by atoms with E-state index in [9.17, 15) is 0 Å². The van der Waals surface area contributed by atoms with Crippen LogP contribution in [0.5, 0.6) is 0 Å². The minimum absolute atomic E-state index is 0.305. The monoisotopic (exact) mass is 251 g/mol. The predicted octanol–water partition coefficient (Wildman–Crippen LogP) is 3.36. The third-order valence-electron chi connectivity index (χ3n) is 6.03. The summed E-state index contributed by atoms with van der Waals surface area (Å²) in [5.41, 5.74) is 0.305. The van der Waals surface area contributed by atoms with Gasteiger partial charge < -0.3 is 10.1 Å². The molecule has 18 heavy (non-hydrogen) atoms. The molecule has 1 heterocycles. The molecule has 0 radical (unpaired) electrons. The molecule has 3 rings (SSSR count). The fourth-order valence-corrected chi connectivity index (χ4v) is 4.80. The maximum Gasteiger partial charge on any atom is 0.0685 e. The minimum Gasteiger partial charge on any atom is -0.375 e. The Morgan fingerprint density at radius 2 is 2.00 bits per heavy atom. The van der Waals surface area contributed by atoms with E-state index in [0.29, 0.717) is 5.60 Å². The highest BCUT2D eigenvalue weighted by molar-refractivity contribution is 4.98. The SMILES string of the molecule is CNC(C1CCOC2(CCC2)C1)C1CCCC1C. The molecule has 0 aromatic rings. The standard InChI is InChI=1S/C16H29NO/c1-12-5-3-6-14(12)15(17-2)13-7-10-18-16(11-13)8-4-9-16/h12-15,17H,3-11H2,1-2H3. The van der Waals surface area contributed by atoms with Gasteiger partial charge in [0.2, 0.25) is 0 Å². The normalized spacial score (nSPS) is 40.7. The maximum atomic E-state index is 6.09. The van der Waals surface area contributed by atoms with Crippen molar-refractivity contribution in [2.24, 2.45) is 17.8 Å². The summed E-state index contributed by atoms with van der Waals surface area (Å²) in [4.78, 5) is 0.